The quantitative estimate of drug-likeness (QED) is 0.495. The minimum atomic E-state index is -2.80. The number of rotatable bonds is 9. The molecule has 0 aliphatic carbocycles. The van der Waals surface area contributed by atoms with E-state index in [0.717, 1.165) is 18.2 Å². The lowest BCUT2D eigenvalue weighted by atomic mass is 10.0. The summed E-state index contributed by atoms with van der Waals surface area (Å²) in [5, 5.41) is 18.1. The maximum absolute atomic E-state index is 12.1. The fraction of sp³-hybridized carbons (Fsp3) is 0.333. The molecule has 1 aromatic rings. The predicted octanol–water partition coefficient (Wildman–Crippen LogP) is 1.56. The van der Waals surface area contributed by atoms with Crippen LogP contribution in [0.2, 0.25) is 6.04 Å². The zero-order valence-electron chi connectivity index (χ0n) is 14.0. The Labute approximate surface area is 145 Å². The molecule has 0 heterocycles. The smallest absolute Gasteiger partial charge is 0.478 e. The molecule has 1 aromatic carbocycles. The van der Waals surface area contributed by atoms with Gasteiger partial charge >= 0.3 is 20.7 Å². The second-order valence-corrected chi connectivity index (χ2v) is 7.91. The fourth-order valence-electron chi connectivity index (χ4n) is 2.06. The molecule has 0 unspecified atom stereocenters. The standard InChI is InChI=1S/C15H19NO8Si/c1-22-25(23-2,24-3)8-4-7-16-13(17)12-9-10(14(18)19)5-6-11(12)15(20)21/h5-7,9H,4,8H2,1-3H3,(H,18,19)(H,20,21). The highest BCUT2D eigenvalue weighted by Gasteiger charge is 2.36. The second-order valence-electron chi connectivity index (χ2n) is 4.82. The first kappa shape index (κ1) is 20.6. The Morgan fingerprint density at radius 1 is 1.04 bits per heavy atom. The van der Waals surface area contributed by atoms with Gasteiger partial charge in [0.1, 0.15) is 0 Å². The molecule has 25 heavy (non-hydrogen) atoms. The lowest BCUT2D eigenvalue weighted by Crippen LogP contribution is -2.42. The molecular formula is C15H19NO8Si. The van der Waals surface area contributed by atoms with E-state index >= 15 is 0 Å². The van der Waals surface area contributed by atoms with Crippen molar-refractivity contribution in [2.24, 2.45) is 4.99 Å². The maximum Gasteiger partial charge on any atom is 0.500 e. The molecule has 0 atom stereocenters. The Morgan fingerprint density at radius 3 is 2.12 bits per heavy atom. The number of carbonyl (C=O) groups is 3. The number of carbonyl (C=O) groups excluding carboxylic acids is 1. The summed E-state index contributed by atoms with van der Waals surface area (Å²) in [4.78, 5) is 38.0. The number of carboxylic acids is 2. The summed E-state index contributed by atoms with van der Waals surface area (Å²) in [5.41, 5.74) is -0.813. The third-order valence-corrected chi connectivity index (χ3v) is 6.22. The number of hydrogen-bond donors (Lipinski definition) is 2. The minimum Gasteiger partial charge on any atom is -0.478 e. The molecule has 0 aliphatic heterocycles. The summed E-state index contributed by atoms with van der Waals surface area (Å²) in [6.45, 7) is 0. The first-order chi connectivity index (χ1) is 11.8. The van der Waals surface area contributed by atoms with Gasteiger partial charge in [0.2, 0.25) is 0 Å². The highest BCUT2D eigenvalue weighted by Crippen LogP contribution is 2.16. The molecule has 0 aliphatic rings. The van der Waals surface area contributed by atoms with Gasteiger partial charge in [-0.15, -0.1) is 0 Å². The highest BCUT2D eigenvalue weighted by atomic mass is 28.4. The number of aliphatic imine (C=N–C) groups is 1. The number of aromatic carboxylic acids is 2. The molecule has 0 saturated heterocycles. The summed E-state index contributed by atoms with van der Waals surface area (Å²) in [7, 11) is 1.57. The van der Waals surface area contributed by atoms with Gasteiger partial charge in [0.05, 0.1) is 16.7 Å². The minimum absolute atomic E-state index is 0.201. The van der Waals surface area contributed by atoms with E-state index in [-0.39, 0.29) is 16.7 Å². The van der Waals surface area contributed by atoms with Gasteiger partial charge in [-0.1, -0.05) is 0 Å². The monoisotopic (exact) mass is 369 g/mol. The molecule has 136 valence electrons. The van der Waals surface area contributed by atoms with Crippen molar-refractivity contribution in [3.05, 3.63) is 34.9 Å². The molecule has 0 radical (unpaired) electrons. The molecule has 0 fully saturated rings. The van der Waals surface area contributed by atoms with E-state index in [9.17, 15) is 14.4 Å². The molecule has 1 amide bonds. The van der Waals surface area contributed by atoms with Crippen LogP contribution in [0.15, 0.2) is 23.2 Å². The molecule has 10 heteroatoms. The van der Waals surface area contributed by atoms with E-state index in [0.29, 0.717) is 12.5 Å². The zero-order valence-corrected chi connectivity index (χ0v) is 15.0. The van der Waals surface area contributed by atoms with E-state index in [2.05, 4.69) is 4.99 Å². The summed E-state index contributed by atoms with van der Waals surface area (Å²) < 4.78 is 15.7. The summed E-state index contributed by atoms with van der Waals surface area (Å²) in [6, 6.07) is 3.54. The number of carboxylic acid groups (broad SMARTS) is 2. The van der Waals surface area contributed by atoms with Gasteiger partial charge in [-0.05, 0) is 24.6 Å². The van der Waals surface area contributed by atoms with Gasteiger partial charge < -0.3 is 23.5 Å². The van der Waals surface area contributed by atoms with Crippen LogP contribution in [0.5, 0.6) is 0 Å². The van der Waals surface area contributed by atoms with E-state index in [1.54, 1.807) is 0 Å². The SMILES string of the molecule is CO[Si](CCC=NC(=O)c1cc(C(=O)O)ccc1C(=O)O)(OC)OC. The third kappa shape index (κ3) is 5.29. The Morgan fingerprint density at radius 2 is 1.64 bits per heavy atom. The summed E-state index contributed by atoms with van der Waals surface area (Å²) in [5.74, 6) is -3.47. The highest BCUT2D eigenvalue weighted by molar-refractivity contribution is 6.60. The van der Waals surface area contributed by atoms with Crippen molar-refractivity contribution < 1.29 is 37.9 Å². The Kier molecular flexibility index (Phi) is 7.58. The maximum atomic E-state index is 12.1. The van der Waals surface area contributed by atoms with Crippen LogP contribution in [-0.2, 0) is 13.3 Å². The number of nitrogens with zero attached hydrogens (tertiary/aromatic N) is 1. The van der Waals surface area contributed by atoms with Crippen molar-refractivity contribution in [1.29, 1.82) is 0 Å². The summed E-state index contributed by atoms with van der Waals surface area (Å²) >= 11 is 0. The first-order valence-corrected chi connectivity index (χ1v) is 9.06. The normalized spacial score (nSPS) is 11.6. The Bertz CT molecular complexity index is 676. The van der Waals surface area contributed by atoms with Gasteiger partial charge in [-0.25, -0.2) is 14.6 Å². The van der Waals surface area contributed by atoms with Gasteiger partial charge in [-0.3, -0.25) is 4.79 Å². The lowest BCUT2D eigenvalue weighted by Gasteiger charge is -2.23. The summed E-state index contributed by atoms with van der Waals surface area (Å²) in [6.07, 6.45) is 1.59. The van der Waals surface area contributed by atoms with E-state index in [1.165, 1.54) is 27.5 Å². The van der Waals surface area contributed by atoms with Gasteiger partial charge in [-0.2, -0.15) is 0 Å². The number of amides is 1. The van der Waals surface area contributed by atoms with Crippen LogP contribution in [0.1, 0.15) is 37.5 Å². The zero-order chi connectivity index (χ0) is 19.0. The lowest BCUT2D eigenvalue weighted by molar-refractivity contribution is 0.0679. The van der Waals surface area contributed by atoms with Crippen LogP contribution in [0, 0.1) is 0 Å². The van der Waals surface area contributed by atoms with Crippen LogP contribution in [0.4, 0.5) is 0 Å². The molecule has 0 spiro atoms. The van der Waals surface area contributed by atoms with Gasteiger partial charge in [0.15, 0.2) is 0 Å². The van der Waals surface area contributed by atoms with Crippen molar-refractivity contribution in [2.75, 3.05) is 21.3 Å². The number of benzene rings is 1. The fourth-order valence-corrected chi connectivity index (χ4v) is 3.65. The molecule has 0 saturated carbocycles. The molecule has 0 bridgehead atoms. The van der Waals surface area contributed by atoms with Gasteiger partial charge in [0.25, 0.3) is 5.91 Å². The average Bonchev–Trinajstić information content (AvgIpc) is 2.61. The van der Waals surface area contributed by atoms with Crippen LogP contribution in [-0.4, -0.2) is 64.4 Å². The van der Waals surface area contributed by atoms with Crippen LogP contribution in [0.3, 0.4) is 0 Å². The largest absolute Gasteiger partial charge is 0.500 e. The van der Waals surface area contributed by atoms with Crippen molar-refractivity contribution >= 4 is 32.9 Å². The molecule has 0 aromatic heterocycles. The second kappa shape index (κ2) is 9.18. The molecular weight excluding hydrogens is 350 g/mol. The van der Waals surface area contributed by atoms with Crippen LogP contribution >= 0.6 is 0 Å². The Balaban J connectivity index is 2.94. The Hall–Kier alpha value is -2.40. The van der Waals surface area contributed by atoms with Crippen molar-refractivity contribution in [3.63, 3.8) is 0 Å². The number of hydrogen-bond acceptors (Lipinski definition) is 6. The average molecular weight is 369 g/mol. The van der Waals surface area contributed by atoms with Crippen molar-refractivity contribution in [1.82, 2.24) is 0 Å². The van der Waals surface area contributed by atoms with E-state index < -0.39 is 26.7 Å². The topological polar surface area (TPSA) is 132 Å². The van der Waals surface area contributed by atoms with Gasteiger partial charge in [0, 0.05) is 33.6 Å². The van der Waals surface area contributed by atoms with E-state index in [4.69, 9.17) is 23.5 Å². The van der Waals surface area contributed by atoms with Crippen LogP contribution in [0.25, 0.3) is 0 Å². The third-order valence-electron chi connectivity index (χ3n) is 3.45. The van der Waals surface area contributed by atoms with E-state index in [1.807, 2.05) is 0 Å². The first-order valence-electron chi connectivity index (χ1n) is 7.13. The van der Waals surface area contributed by atoms with Crippen LogP contribution < -0.4 is 0 Å². The molecule has 1 rings (SSSR count). The van der Waals surface area contributed by atoms with Crippen molar-refractivity contribution in [3.8, 4) is 0 Å². The molecule has 9 nitrogen and oxygen atoms in total. The van der Waals surface area contributed by atoms with Crippen molar-refractivity contribution in [2.45, 2.75) is 12.5 Å². The molecule has 2 N–H and O–H groups in total. The predicted molar refractivity (Wildman–Crippen MR) is 89.4 cm³/mol.